The van der Waals surface area contributed by atoms with Crippen molar-refractivity contribution in [3.8, 4) is 0 Å². The van der Waals surface area contributed by atoms with E-state index in [1.54, 1.807) is 19.9 Å². The van der Waals surface area contributed by atoms with Gasteiger partial charge in [-0.05, 0) is 13.3 Å². The molecule has 0 radical (unpaired) electrons. The molecule has 1 saturated heterocycles. The van der Waals surface area contributed by atoms with Crippen LogP contribution in [0.4, 0.5) is 0 Å². The average molecular weight is 237 g/mol. The first-order chi connectivity index (χ1) is 8.13. The van der Waals surface area contributed by atoms with Gasteiger partial charge in [-0.25, -0.2) is 5.01 Å². The molecular formula is C11H15N3O3. The second-order valence-electron chi connectivity index (χ2n) is 3.98. The summed E-state index contributed by atoms with van der Waals surface area (Å²) in [6.45, 7) is 4.65. The van der Waals surface area contributed by atoms with Crippen LogP contribution in [0.5, 0.6) is 0 Å². The summed E-state index contributed by atoms with van der Waals surface area (Å²) in [5.74, 6) is 0.262. The Balaban J connectivity index is 2.16. The Morgan fingerprint density at radius 1 is 1.41 bits per heavy atom. The lowest BCUT2D eigenvalue weighted by atomic mass is 10.3. The highest BCUT2D eigenvalue weighted by molar-refractivity contribution is 5.93. The van der Waals surface area contributed by atoms with Gasteiger partial charge in [0.15, 0.2) is 5.69 Å². The molecule has 92 valence electrons. The van der Waals surface area contributed by atoms with E-state index in [4.69, 9.17) is 4.52 Å². The van der Waals surface area contributed by atoms with Crippen LogP contribution in [-0.4, -0.2) is 40.1 Å². The van der Waals surface area contributed by atoms with Crippen molar-refractivity contribution in [1.29, 1.82) is 0 Å². The van der Waals surface area contributed by atoms with E-state index in [1.165, 1.54) is 10.0 Å². The van der Waals surface area contributed by atoms with Gasteiger partial charge in [0.2, 0.25) is 5.91 Å². The maximum Gasteiger partial charge on any atom is 0.294 e. The molecule has 1 aliphatic heterocycles. The Morgan fingerprint density at radius 3 is 2.71 bits per heavy atom. The number of carbonyl (C=O) groups is 2. The summed E-state index contributed by atoms with van der Waals surface area (Å²) in [5, 5.41) is 6.62. The molecule has 17 heavy (non-hydrogen) atoms. The van der Waals surface area contributed by atoms with Gasteiger partial charge in [-0.2, -0.15) is 0 Å². The van der Waals surface area contributed by atoms with Crippen molar-refractivity contribution in [2.45, 2.75) is 26.7 Å². The molecule has 0 saturated carbocycles. The van der Waals surface area contributed by atoms with E-state index in [2.05, 4.69) is 5.16 Å². The lowest BCUT2D eigenvalue weighted by Gasteiger charge is -2.26. The summed E-state index contributed by atoms with van der Waals surface area (Å²) in [7, 11) is 0. The molecule has 6 nitrogen and oxygen atoms in total. The summed E-state index contributed by atoms with van der Waals surface area (Å²) < 4.78 is 4.87. The summed E-state index contributed by atoms with van der Waals surface area (Å²) in [6, 6.07) is 1.58. The van der Waals surface area contributed by atoms with E-state index >= 15 is 0 Å². The molecule has 2 heterocycles. The van der Waals surface area contributed by atoms with Gasteiger partial charge < -0.3 is 4.52 Å². The minimum Gasteiger partial charge on any atom is -0.361 e. The molecule has 0 unspecified atom stereocenters. The van der Waals surface area contributed by atoms with Crippen molar-refractivity contribution in [2.24, 2.45) is 0 Å². The third-order valence-corrected chi connectivity index (χ3v) is 2.70. The molecule has 1 aromatic rings. The van der Waals surface area contributed by atoms with E-state index in [0.717, 1.165) is 6.42 Å². The first-order valence-electron chi connectivity index (χ1n) is 5.69. The molecule has 6 heteroatoms. The second-order valence-corrected chi connectivity index (χ2v) is 3.98. The minimum atomic E-state index is -0.277. The van der Waals surface area contributed by atoms with Crippen LogP contribution in [0.3, 0.4) is 0 Å². The lowest BCUT2D eigenvalue weighted by Crippen LogP contribution is -2.44. The topological polar surface area (TPSA) is 66.7 Å². The van der Waals surface area contributed by atoms with Gasteiger partial charge >= 0.3 is 0 Å². The third-order valence-electron chi connectivity index (χ3n) is 2.70. The first kappa shape index (κ1) is 11.6. The number of hydrogen-bond donors (Lipinski definition) is 0. The van der Waals surface area contributed by atoms with Crippen molar-refractivity contribution >= 4 is 11.8 Å². The zero-order valence-electron chi connectivity index (χ0n) is 9.97. The van der Waals surface area contributed by atoms with E-state index < -0.39 is 0 Å². The molecular weight excluding hydrogens is 222 g/mol. The van der Waals surface area contributed by atoms with Crippen molar-refractivity contribution in [3.63, 3.8) is 0 Å². The number of amides is 2. The number of nitrogens with zero attached hydrogens (tertiary/aromatic N) is 3. The van der Waals surface area contributed by atoms with E-state index in [9.17, 15) is 9.59 Å². The number of hydrogen-bond acceptors (Lipinski definition) is 4. The Kier molecular flexibility index (Phi) is 3.12. The normalized spacial score (nSPS) is 15.4. The summed E-state index contributed by atoms with van der Waals surface area (Å²) in [6.07, 6.45) is 1.19. The Bertz CT molecular complexity index is 441. The molecule has 1 fully saturated rings. The molecule has 0 atom stereocenters. The summed E-state index contributed by atoms with van der Waals surface area (Å²) in [5.41, 5.74) is 0.248. The zero-order valence-corrected chi connectivity index (χ0v) is 9.97. The van der Waals surface area contributed by atoms with Crippen LogP contribution in [-0.2, 0) is 4.79 Å². The predicted molar refractivity (Wildman–Crippen MR) is 58.9 cm³/mol. The fourth-order valence-electron chi connectivity index (χ4n) is 1.86. The highest BCUT2D eigenvalue weighted by Gasteiger charge is 2.31. The zero-order chi connectivity index (χ0) is 12.4. The molecule has 0 bridgehead atoms. The fraction of sp³-hybridized carbons (Fsp3) is 0.545. The van der Waals surface area contributed by atoms with Crippen LogP contribution < -0.4 is 0 Å². The molecule has 2 rings (SSSR count). The molecule has 1 aliphatic rings. The van der Waals surface area contributed by atoms with Gasteiger partial charge in [0, 0.05) is 25.6 Å². The first-order valence-corrected chi connectivity index (χ1v) is 5.69. The maximum absolute atomic E-state index is 12.1. The van der Waals surface area contributed by atoms with Gasteiger partial charge in [-0.15, -0.1) is 0 Å². The molecule has 0 aromatic carbocycles. The summed E-state index contributed by atoms with van der Waals surface area (Å²) >= 11 is 0. The van der Waals surface area contributed by atoms with Gasteiger partial charge in [0.1, 0.15) is 5.76 Å². The molecule has 0 spiro atoms. The highest BCUT2D eigenvalue weighted by atomic mass is 16.5. The van der Waals surface area contributed by atoms with E-state index in [1.807, 2.05) is 0 Å². The summed E-state index contributed by atoms with van der Waals surface area (Å²) in [4.78, 5) is 23.8. The van der Waals surface area contributed by atoms with E-state index in [-0.39, 0.29) is 17.5 Å². The Hall–Kier alpha value is -1.85. The van der Waals surface area contributed by atoms with E-state index in [0.29, 0.717) is 25.3 Å². The Morgan fingerprint density at radius 2 is 2.12 bits per heavy atom. The minimum absolute atomic E-state index is 0.0453. The number of hydrazine groups is 1. The van der Waals surface area contributed by atoms with Gasteiger partial charge in [-0.3, -0.25) is 14.6 Å². The van der Waals surface area contributed by atoms with Gasteiger partial charge in [0.25, 0.3) is 5.91 Å². The fourth-order valence-corrected chi connectivity index (χ4v) is 1.86. The molecule has 0 aliphatic carbocycles. The number of rotatable bonds is 2. The van der Waals surface area contributed by atoms with Crippen molar-refractivity contribution in [3.05, 3.63) is 17.5 Å². The highest BCUT2D eigenvalue weighted by Crippen LogP contribution is 2.16. The SMILES string of the molecule is CCC(=O)N1CCCN1C(=O)c1cc(C)on1. The molecule has 0 N–H and O–H groups in total. The molecule has 1 aromatic heterocycles. The second kappa shape index (κ2) is 4.57. The lowest BCUT2D eigenvalue weighted by molar-refractivity contribution is -0.140. The van der Waals surface area contributed by atoms with Crippen LogP contribution in [0.1, 0.15) is 36.0 Å². The predicted octanol–water partition coefficient (Wildman–Crippen LogP) is 0.983. The monoisotopic (exact) mass is 237 g/mol. The van der Waals surface area contributed by atoms with Gasteiger partial charge in [0.05, 0.1) is 0 Å². The smallest absolute Gasteiger partial charge is 0.294 e. The number of aromatic nitrogens is 1. The molecule has 2 amide bonds. The van der Waals surface area contributed by atoms with Crippen molar-refractivity contribution in [1.82, 2.24) is 15.2 Å². The van der Waals surface area contributed by atoms with Gasteiger partial charge in [-0.1, -0.05) is 12.1 Å². The number of carbonyl (C=O) groups excluding carboxylic acids is 2. The largest absolute Gasteiger partial charge is 0.361 e. The average Bonchev–Trinajstić information content (AvgIpc) is 2.95. The van der Waals surface area contributed by atoms with Crippen LogP contribution in [0.15, 0.2) is 10.6 Å². The van der Waals surface area contributed by atoms with Crippen LogP contribution in [0, 0.1) is 6.92 Å². The maximum atomic E-state index is 12.1. The van der Waals surface area contributed by atoms with Crippen LogP contribution >= 0.6 is 0 Å². The van der Waals surface area contributed by atoms with Crippen molar-refractivity contribution in [2.75, 3.05) is 13.1 Å². The standard InChI is InChI=1S/C11H15N3O3/c1-3-10(15)13-5-4-6-14(13)11(16)9-7-8(2)17-12-9/h7H,3-6H2,1-2H3. The van der Waals surface area contributed by atoms with Crippen LogP contribution in [0.25, 0.3) is 0 Å². The van der Waals surface area contributed by atoms with Crippen LogP contribution in [0.2, 0.25) is 0 Å². The number of aryl methyl sites for hydroxylation is 1. The quantitative estimate of drug-likeness (QED) is 0.769. The Labute approximate surface area is 99.1 Å². The van der Waals surface area contributed by atoms with Crippen molar-refractivity contribution < 1.29 is 14.1 Å². The third kappa shape index (κ3) is 2.15.